The zero-order valence-corrected chi connectivity index (χ0v) is 21.3. The van der Waals surface area contributed by atoms with Crippen LogP contribution in [-0.4, -0.2) is 62.8 Å². The summed E-state index contributed by atoms with van der Waals surface area (Å²) in [6.45, 7) is 8.94. The molecule has 9 heteroatoms. The molecule has 0 bridgehead atoms. The van der Waals surface area contributed by atoms with Gasteiger partial charge in [0.15, 0.2) is 5.96 Å². The lowest BCUT2D eigenvalue weighted by molar-refractivity contribution is 0.0170. The third kappa shape index (κ3) is 6.79. The molecule has 1 aliphatic rings. The molecule has 1 aromatic carbocycles. The van der Waals surface area contributed by atoms with E-state index >= 15 is 0 Å². The van der Waals surface area contributed by atoms with Crippen LogP contribution >= 0.6 is 35.3 Å². The molecule has 0 spiro atoms. The first-order chi connectivity index (χ1) is 14.1. The van der Waals surface area contributed by atoms with Crippen molar-refractivity contribution in [2.24, 2.45) is 4.99 Å². The number of morpholine rings is 1. The Morgan fingerprint density at radius 1 is 1.23 bits per heavy atom. The van der Waals surface area contributed by atoms with Crippen molar-refractivity contribution in [2.75, 3.05) is 47.0 Å². The quantitative estimate of drug-likeness (QED) is 0.317. The number of halogens is 1. The molecule has 1 fully saturated rings. The van der Waals surface area contributed by atoms with Gasteiger partial charge < -0.3 is 20.1 Å². The van der Waals surface area contributed by atoms with Crippen molar-refractivity contribution in [2.45, 2.75) is 26.4 Å². The van der Waals surface area contributed by atoms with E-state index in [2.05, 4.69) is 44.6 Å². The SMILES string of the molecule is CN=C(NCc1sc(C)nc1C)NCC(c1ccc(OC)cc1)N1CCOCC1.I. The molecule has 0 amide bonds. The Morgan fingerprint density at radius 3 is 2.50 bits per heavy atom. The van der Waals surface area contributed by atoms with Crippen LogP contribution in [-0.2, 0) is 11.3 Å². The third-order valence-corrected chi connectivity index (χ3v) is 6.16. The Balaban J connectivity index is 0.00000320. The number of aromatic nitrogens is 1. The highest BCUT2D eigenvalue weighted by molar-refractivity contribution is 14.0. The van der Waals surface area contributed by atoms with E-state index in [-0.39, 0.29) is 30.0 Å². The van der Waals surface area contributed by atoms with Crippen LogP contribution in [0, 0.1) is 13.8 Å². The number of rotatable bonds is 7. The second-order valence-electron chi connectivity index (χ2n) is 6.99. The molecule has 30 heavy (non-hydrogen) atoms. The number of thiazole rings is 1. The van der Waals surface area contributed by atoms with Crippen LogP contribution in [0.5, 0.6) is 5.75 Å². The van der Waals surface area contributed by atoms with Crippen molar-refractivity contribution in [1.29, 1.82) is 0 Å². The van der Waals surface area contributed by atoms with Crippen LogP contribution in [0.3, 0.4) is 0 Å². The molecule has 1 aliphatic heterocycles. The first kappa shape index (κ1) is 24.8. The number of hydrogen-bond acceptors (Lipinski definition) is 6. The molecular weight excluding hydrogens is 513 g/mol. The van der Waals surface area contributed by atoms with Crippen molar-refractivity contribution in [3.05, 3.63) is 45.4 Å². The van der Waals surface area contributed by atoms with E-state index in [1.807, 2.05) is 19.1 Å². The largest absolute Gasteiger partial charge is 0.497 e. The number of nitrogens with zero attached hydrogens (tertiary/aromatic N) is 3. The Kier molecular flexibility index (Phi) is 10.3. The highest BCUT2D eigenvalue weighted by Gasteiger charge is 2.23. The summed E-state index contributed by atoms with van der Waals surface area (Å²) >= 11 is 1.72. The van der Waals surface area contributed by atoms with E-state index in [9.17, 15) is 0 Å². The highest BCUT2D eigenvalue weighted by Crippen LogP contribution is 2.23. The van der Waals surface area contributed by atoms with Gasteiger partial charge in [-0.15, -0.1) is 35.3 Å². The number of methoxy groups -OCH3 is 1. The summed E-state index contributed by atoms with van der Waals surface area (Å²) in [5.41, 5.74) is 2.34. The number of aliphatic imine (C=N–C) groups is 1. The zero-order chi connectivity index (χ0) is 20.6. The van der Waals surface area contributed by atoms with Crippen molar-refractivity contribution < 1.29 is 9.47 Å². The van der Waals surface area contributed by atoms with Gasteiger partial charge >= 0.3 is 0 Å². The number of guanidine groups is 1. The van der Waals surface area contributed by atoms with Gasteiger partial charge in [-0.3, -0.25) is 9.89 Å². The second kappa shape index (κ2) is 12.4. The van der Waals surface area contributed by atoms with Gasteiger partial charge in [-0.2, -0.15) is 0 Å². The van der Waals surface area contributed by atoms with Crippen LogP contribution in [0.1, 0.15) is 27.2 Å². The van der Waals surface area contributed by atoms with Gasteiger partial charge in [0, 0.05) is 31.6 Å². The molecular formula is C21H32IN5O2S. The number of benzene rings is 1. The smallest absolute Gasteiger partial charge is 0.191 e. The zero-order valence-electron chi connectivity index (χ0n) is 18.1. The average Bonchev–Trinajstić information content (AvgIpc) is 3.08. The van der Waals surface area contributed by atoms with E-state index in [0.29, 0.717) is 0 Å². The van der Waals surface area contributed by atoms with E-state index in [0.717, 1.165) is 61.8 Å². The van der Waals surface area contributed by atoms with Gasteiger partial charge in [0.25, 0.3) is 0 Å². The first-order valence-corrected chi connectivity index (χ1v) is 10.8. The van der Waals surface area contributed by atoms with Crippen LogP contribution in [0.15, 0.2) is 29.3 Å². The number of hydrogen-bond donors (Lipinski definition) is 2. The average molecular weight is 545 g/mol. The summed E-state index contributed by atoms with van der Waals surface area (Å²) < 4.78 is 10.9. The van der Waals surface area contributed by atoms with Gasteiger partial charge in [-0.05, 0) is 31.5 Å². The number of ether oxygens (including phenoxy) is 2. The fourth-order valence-corrected chi connectivity index (χ4v) is 4.37. The predicted molar refractivity (Wildman–Crippen MR) is 133 cm³/mol. The molecule has 2 N–H and O–H groups in total. The van der Waals surface area contributed by atoms with Crippen LogP contribution in [0.4, 0.5) is 0 Å². The van der Waals surface area contributed by atoms with E-state index in [4.69, 9.17) is 9.47 Å². The molecule has 7 nitrogen and oxygen atoms in total. The Morgan fingerprint density at radius 2 is 1.93 bits per heavy atom. The number of nitrogens with one attached hydrogen (secondary N) is 2. The molecule has 0 aliphatic carbocycles. The van der Waals surface area contributed by atoms with Gasteiger partial charge in [0.2, 0.25) is 0 Å². The summed E-state index contributed by atoms with van der Waals surface area (Å²) in [6.07, 6.45) is 0. The van der Waals surface area contributed by atoms with E-state index in [1.165, 1.54) is 10.4 Å². The molecule has 0 radical (unpaired) electrons. The van der Waals surface area contributed by atoms with Crippen molar-refractivity contribution >= 4 is 41.3 Å². The van der Waals surface area contributed by atoms with E-state index < -0.39 is 0 Å². The normalized spacial score (nSPS) is 15.9. The van der Waals surface area contributed by atoms with Crippen molar-refractivity contribution in [3.63, 3.8) is 0 Å². The van der Waals surface area contributed by atoms with Crippen LogP contribution < -0.4 is 15.4 Å². The monoisotopic (exact) mass is 545 g/mol. The van der Waals surface area contributed by atoms with Gasteiger partial charge in [-0.25, -0.2) is 4.98 Å². The second-order valence-corrected chi connectivity index (χ2v) is 8.27. The predicted octanol–water partition coefficient (Wildman–Crippen LogP) is 3.13. The Bertz CT molecular complexity index is 806. The molecule has 1 atom stereocenters. The maximum atomic E-state index is 5.55. The maximum absolute atomic E-state index is 5.55. The lowest BCUT2D eigenvalue weighted by Gasteiger charge is -2.35. The molecule has 1 unspecified atom stereocenters. The molecule has 2 heterocycles. The summed E-state index contributed by atoms with van der Waals surface area (Å²) in [5.74, 6) is 1.66. The van der Waals surface area contributed by atoms with Crippen molar-refractivity contribution in [1.82, 2.24) is 20.5 Å². The maximum Gasteiger partial charge on any atom is 0.191 e. The molecule has 166 valence electrons. The number of aryl methyl sites for hydroxylation is 2. The van der Waals surface area contributed by atoms with Gasteiger partial charge in [-0.1, -0.05) is 12.1 Å². The Labute approximate surface area is 200 Å². The standard InChI is InChI=1S/C21H31N5O2S.HI/c1-15-20(29-16(2)25-15)14-24-21(22-3)23-13-19(26-9-11-28-12-10-26)17-5-7-18(27-4)8-6-17;/h5-8,19H,9-14H2,1-4H3,(H2,22,23,24);1H. The van der Waals surface area contributed by atoms with Crippen LogP contribution in [0.2, 0.25) is 0 Å². The molecule has 3 rings (SSSR count). The first-order valence-electron chi connectivity index (χ1n) is 9.94. The minimum atomic E-state index is 0. The fraction of sp³-hybridized carbons (Fsp3) is 0.524. The lowest BCUT2D eigenvalue weighted by Crippen LogP contribution is -2.46. The third-order valence-electron chi connectivity index (χ3n) is 5.09. The van der Waals surface area contributed by atoms with Crippen LogP contribution in [0.25, 0.3) is 0 Å². The van der Waals surface area contributed by atoms with Gasteiger partial charge in [0.1, 0.15) is 5.75 Å². The summed E-state index contributed by atoms with van der Waals surface area (Å²) in [4.78, 5) is 12.6. The topological polar surface area (TPSA) is 71.0 Å². The summed E-state index contributed by atoms with van der Waals surface area (Å²) in [6, 6.07) is 8.55. The molecule has 1 aromatic heterocycles. The van der Waals surface area contributed by atoms with E-state index in [1.54, 1.807) is 25.5 Å². The minimum absolute atomic E-state index is 0. The minimum Gasteiger partial charge on any atom is -0.497 e. The fourth-order valence-electron chi connectivity index (χ4n) is 3.49. The molecule has 0 saturated carbocycles. The van der Waals surface area contributed by atoms with Crippen molar-refractivity contribution in [3.8, 4) is 5.75 Å². The highest BCUT2D eigenvalue weighted by atomic mass is 127. The summed E-state index contributed by atoms with van der Waals surface area (Å²) in [7, 11) is 3.50. The molecule has 2 aromatic rings. The molecule has 1 saturated heterocycles. The van der Waals surface area contributed by atoms with Gasteiger partial charge in [0.05, 0.1) is 43.6 Å². The summed E-state index contributed by atoms with van der Waals surface area (Å²) in [5, 5.41) is 8.01. The lowest BCUT2D eigenvalue weighted by atomic mass is 10.0. The Hall–Kier alpha value is -1.43.